The Morgan fingerprint density at radius 1 is 1.43 bits per heavy atom. The molecule has 1 aliphatic heterocycles. The molecular weight excluding hydrogens is 272 g/mol. The molecule has 3 rings (SSSR count). The fraction of sp³-hybridized carbons (Fsp3) is 0.571. The predicted molar refractivity (Wildman–Crippen MR) is 72.8 cm³/mol. The van der Waals surface area contributed by atoms with Crippen molar-refractivity contribution < 1.29 is 13.8 Å². The molecule has 0 aliphatic carbocycles. The topological polar surface area (TPSA) is 85.3 Å². The first-order chi connectivity index (χ1) is 10.1. The minimum absolute atomic E-state index is 0.110. The molecule has 1 fully saturated rings. The Labute approximate surface area is 122 Å². The lowest BCUT2D eigenvalue weighted by molar-refractivity contribution is 0.0693. The van der Waals surface area contributed by atoms with Crippen molar-refractivity contribution in [2.75, 3.05) is 13.1 Å². The summed E-state index contributed by atoms with van der Waals surface area (Å²) < 4.78 is 9.99. The van der Waals surface area contributed by atoms with Crippen LogP contribution >= 0.6 is 0 Å². The van der Waals surface area contributed by atoms with Gasteiger partial charge in [0, 0.05) is 31.0 Å². The van der Waals surface area contributed by atoms with Crippen LogP contribution in [0.15, 0.2) is 21.4 Å². The van der Waals surface area contributed by atoms with Crippen LogP contribution in [0.5, 0.6) is 0 Å². The minimum atomic E-state index is -0.110. The largest absolute Gasteiger partial charge is 0.364 e. The average molecular weight is 290 g/mol. The predicted octanol–water partition coefficient (Wildman–Crippen LogP) is 2.20. The molecule has 3 heterocycles. The summed E-state index contributed by atoms with van der Waals surface area (Å²) in [5, 5.41) is 7.76. The van der Waals surface area contributed by atoms with E-state index in [1.165, 1.54) is 6.26 Å². The van der Waals surface area contributed by atoms with Crippen LogP contribution in [0.1, 0.15) is 60.7 Å². The summed E-state index contributed by atoms with van der Waals surface area (Å²) in [6.45, 7) is 5.33. The van der Waals surface area contributed by atoms with E-state index in [0.717, 1.165) is 19.4 Å². The van der Waals surface area contributed by atoms with E-state index in [4.69, 9.17) is 9.05 Å². The Morgan fingerprint density at radius 2 is 2.29 bits per heavy atom. The molecule has 0 bridgehead atoms. The third-order valence-electron chi connectivity index (χ3n) is 3.68. The number of hydrogen-bond donors (Lipinski definition) is 0. The highest BCUT2D eigenvalue weighted by atomic mass is 16.5. The number of aromatic nitrogens is 3. The maximum Gasteiger partial charge on any atom is 0.276 e. The van der Waals surface area contributed by atoms with Gasteiger partial charge in [0.05, 0.1) is 0 Å². The summed E-state index contributed by atoms with van der Waals surface area (Å²) >= 11 is 0. The zero-order valence-corrected chi connectivity index (χ0v) is 12.2. The molecule has 0 spiro atoms. The van der Waals surface area contributed by atoms with Crippen LogP contribution in [-0.2, 0) is 0 Å². The third kappa shape index (κ3) is 2.81. The van der Waals surface area contributed by atoms with Crippen LogP contribution in [0.2, 0.25) is 0 Å². The first-order valence-corrected chi connectivity index (χ1v) is 7.18. The van der Waals surface area contributed by atoms with Crippen molar-refractivity contribution in [1.29, 1.82) is 0 Å². The van der Waals surface area contributed by atoms with Crippen molar-refractivity contribution in [2.45, 2.75) is 38.5 Å². The number of carbonyl (C=O) groups is 1. The van der Waals surface area contributed by atoms with Crippen molar-refractivity contribution >= 4 is 5.91 Å². The van der Waals surface area contributed by atoms with Gasteiger partial charge in [-0.15, -0.1) is 0 Å². The molecule has 7 heteroatoms. The van der Waals surface area contributed by atoms with Gasteiger partial charge in [0.15, 0.2) is 11.5 Å². The van der Waals surface area contributed by atoms with Crippen LogP contribution in [0, 0.1) is 0 Å². The number of hydrogen-bond acceptors (Lipinski definition) is 6. The van der Waals surface area contributed by atoms with E-state index in [1.807, 2.05) is 13.8 Å². The number of piperidine rings is 1. The fourth-order valence-electron chi connectivity index (χ4n) is 2.50. The van der Waals surface area contributed by atoms with E-state index in [1.54, 1.807) is 11.0 Å². The number of carbonyl (C=O) groups excluding carboxylic acids is 1. The van der Waals surface area contributed by atoms with Gasteiger partial charge in [-0.3, -0.25) is 4.79 Å². The lowest BCUT2D eigenvalue weighted by atomic mass is 9.97. The normalized spacial score (nSPS) is 19.2. The molecule has 1 amide bonds. The monoisotopic (exact) mass is 290 g/mol. The van der Waals surface area contributed by atoms with E-state index in [0.29, 0.717) is 24.0 Å². The van der Waals surface area contributed by atoms with Gasteiger partial charge in [0.2, 0.25) is 5.89 Å². The molecule has 2 aromatic rings. The van der Waals surface area contributed by atoms with Gasteiger partial charge in [-0.1, -0.05) is 24.2 Å². The van der Waals surface area contributed by atoms with Gasteiger partial charge in [-0.25, -0.2) is 0 Å². The Kier molecular flexibility index (Phi) is 3.72. The van der Waals surface area contributed by atoms with Gasteiger partial charge in [0.1, 0.15) is 6.26 Å². The molecule has 1 aliphatic rings. The quantitative estimate of drug-likeness (QED) is 0.861. The Bertz CT molecular complexity index is 606. The van der Waals surface area contributed by atoms with Gasteiger partial charge in [-0.05, 0) is 12.8 Å². The molecule has 0 radical (unpaired) electrons. The maximum atomic E-state index is 12.3. The molecule has 21 heavy (non-hydrogen) atoms. The molecule has 0 N–H and O–H groups in total. The second kappa shape index (κ2) is 5.67. The van der Waals surface area contributed by atoms with Crippen molar-refractivity contribution in [3.63, 3.8) is 0 Å². The SMILES string of the molecule is CC(C)c1nc([C@H]2CCCN(C(=O)c3ccon3)C2)no1. The van der Waals surface area contributed by atoms with Gasteiger partial charge in [0.25, 0.3) is 5.91 Å². The van der Waals surface area contributed by atoms with Crippen LogP contribution in [0.25, 0.3) is 0 Å². The van der Waals surface area contributed by atoms with Crippen molar-refractivity contribution in [2.24, 2.45) is 0 Å². The second-order valence-electron chi connectivity index (χ2n) is 5.62. The zero-order valence-electron chi connectivity index (χ0n) is 12.2. The van der Waals surface area contributed by atoms with Crippen LogP contribution < -0.4 is 0 Å². The molecule has 1 atom stereocenters. The summed E-state index contributed by atoms with van der Waals surface area (Å²) in [5.74, 6) is 1.55. The molecule has 112 valence electrons. The maximum absolute atomic E-state index is 12.3. The number of nitrogens with zero attached hydrogens (tertiary/aromatic N) is 4. The van der Waals surface area contributed by atoms with Gasteiger partial charge < -0.3 is 13.9 Å². The average Bonchev–Trinajstić information content (AvgIpc) is 3.18. The third-order valence-corrected chi connectivity index (χ3v) is 3.68. The number of rotatable bonds is 3. The summed E-state index contributed by atoms with van der Waals surface area (Å²) in [6.07, 6.45) is 3.28. The zero-order chi connectivity index (χ0) is 14.8. The Hall–Kier alpha value is -2.18. The molecule has 7 nitrogen and oxygen atoms in total. The van der Waals surface area contributed by atoms with Gasteiger partial charge >= 0.3 is 0 Å². The first-order valence-electron chi connectivity index (χ1n) is 7.18. The molecule has 0 aromatic carbocycles. The summed E-state index contributed by atoms with van der Waals surface area (Å²) in [5.41, 5.74) is 0.339. The van der Waals surface area contributed by atoms with Crippen LogP contribution in [0.3, 0.4) is 0 Å². The summed E-state index contributed by atoms with van der Waals surface area (Å²) in [6, 6.07) is 1.58. The first kappa shape index (κ1) is 13.8. The molecule has 0 unspecified atom stereocenters. The van der Waals surface area contributed by atoms with Crippen molar-refractivity contribution in [3.8, 4) is 0 Å². The van der Waals surface area contributed by atoms with E-state index >= 15 is 0 Å². The fourth-order valence-corrected chi connectivity index (χ4v) is 2.50. The molecule has 0 saturated carbocycles. The van der Waals surface area contributed by atoms with Crippen LogP contribution in [-0.4, -0.2) is 39.2 Å². The summed E-state index contributed by atoms with van der Waals surface area (Å²) in [7, 11) is 0. The standard InChI is InChI=1S/C14H18N4O3/c1-9(2)13-15-12(17-21-13)10-4-3-6-18(8-10)14(19)11-5-7-20-16-11/h5,7,9-10H,3-4,6,8H2,1-2H3/t10-/m0/s1. The Balaban J connectivity index is 1.72. The van der Waals surface area contributed by atoms with E-state index in [2.05, 4.69) is 15.3 Å². The molecule has 2 aromatic heterocycles. The number of likely N-dealkylation sites (tertiary alicyclic amines) is 1. The van der Waals surface area contributed by atoms with Crippen molar-refractivity contribution in [3.05, 3.63) is 29.7 Å². The van der Waals surface area contributed by atoms with Gasteiger partial charge in [-0.2, -0.15) is 4.98 Å². The van der Waals surface area contributed by atoms with Crippen LogP contribution in [0.4, 0.5) is 0 Å². The highest BCUT2D eigenvalue weighted by molar-refractivity contribution is 5.92. The smallest absolute Gasteiger partial charge is 0.276 e. The van der Waals surface area contributed by atoms with E-state index < -0.39 is 0 Å². The lowest BCUT2D eigenvalue weighted by Crippen LogP contribution is -2.39. The lowest BCUT2D eigenvalue weighted by Gasteiger charge is -2.30. The highest BCUT2D eigenvalue weighted by Gasteiger charge is 2.29. The molecule has 1 saturated heterocycles. The summed E-state index contributed by atoms with van der Waals surface area (Å²) in [4.78, 5) is 18.5. The highest BCUT2D eigenvalue weighted by Crippen LogP contribution is 2.26. The van der Waals surface area contributed by atoms with Crippen molar-refractivity contribution in [1.82, 2.24) is 20.2 Å². The van der Waals surface area contributed by atoms with E-state index in [-0.39, 0.29) is 17.7 Å². The number of amides is 1. The molecular formula is C14H18N4O3. The minimum Gasteiger partial charge on any atom is -0.364 e. The second-order valence-corrected chi connectivity index (χ2v) is 5.62. The Morgan fingerprint density at radius 3 is 2.95 bits per heavy atom. The van der Waals surface area contributed by atoms with E-state index in [9.17, 15) is 4.79 Å².